The lowest BCUT2D eigenvalue weighted by atomic mass is 10.1. The Morgan fingerprint density at radius 2 is 0.520 bits per heavy atom. The number of phosphoric acid groups is 2. The summed E-state index contributed by atoms with van der Waals surface area (Å²) in [4.78, 5) is 72.9. The van der Waals surface area contributed by atoms with E-state index in [2.05, 4.69) is 174 Å². The number of unbranched alkanes of at least 4 members (excludes halogenated alkanes) is 19. The van der Waals surface area contributed by atoms with Crippen LogP contribution >= 0.6 is 15.6 Å². The molecule has 0 aliphatic carbocycles. The van der Waals surface area contributed by atoms with Crippen molar-refractivity contribution in [2.24, 2.45) is 0 Å². The van der Waals surface area contributed by atoms with E-state index in [-0.39, 0.29) is 25.7 Å². The zero-order chi connectivity index (χ0) is 74.6. The largest absolute Gasteiger partial charge is 0.472 e. The van der Waals surface area contributed by atoms with Crippen LogP contribution in [0.3, 0.4) is 0 Å². The zero-order valence-electron chi connectivity index (χ0n) is 63.2. The van der Waals surface area contributed by atoms with Gasteiger partial charge in [-0.15, -0.1) is 0 Å². The Morgan fingerprint density at radius 1 is 0.284 bits per heavy atom. The molecule has 0 saturated heterocycles. The SMILES string of the molecule is CC/C=C\C/C=C\C/C=C\C/C=C\C/C=C\CCCC(=O)OCC(COP(=O)(O)OCC(O)COP(=O)(O)OCC(COC(=O)CCCCCCC/C=C\C/C=C\C/C=C\CC)OC(=O)CCCCCCC/C=C\C/C=C\CCCCC)OC(=O)CCCCCCC/C=C\C/C=C\C/C=C\CC. The number of ether oxygens (including phenoxy) is 4. The summed E-state index contributed by atoms with van der Waals surface area (Å²) in [6.07, 6.45) is 85.2. The first kappa shape index (κ1) is 96.7. The van der Waals surface area contributed by atoms with Crippen LogP contribution in [-0.4, -0.2) is 96.7 Å². The van der Waals surface area contributed by atoms with Crippen LogP contribution in [0.5, 0.6) is 0 Å². The van der Waals surface area contributed by atoms with Crippen molar-refractivity contribution in [1.82, 2.24) is 0 Å². The molecule has 5 atom stereocenters. The molecule has 0 radical (unpaired) electrons. The van der Waals surface area contributed by atoms with Crippen LogP contribution in [0.15, 0.2) is 158 Å². The first-order valence-electron chi connectivity index (χ1n) is 38.7. The summed E-state index contributed by atoms with van der Waals surface area (Å²) >= 11 is 0. The van der Waals surface area contributed by atoms with Gasteiger partial charge in [-0.3, -0.25) is 37.3 Å². The van der Waals surface area contributed by atoms with Crippen molar-refractivity contribution >= 4 is 39.5 Å². The Kier molecular flexibility index (Phi) is 70.1. The van der Waals surface area contributed by atoms with Gasteiger partial charge in [0.2, 0.25) is 0 Å². The van der Waals surface area contributed by atoms with E-state index in [9.17, 15) is 43.2 Å². The van der Waals surface area contributed by atoms with E-state index in [1.807, 2.05) is 12.2 Å². The van der Waals surface area contributed by atoms with Crippen molar-refractivity contribution in [3.8, 4) is 0 Å². The lowest BCUT2D eigenvalue weighted by molar-refractivity contribution is -0.161. The summed E-state index contributed by atoms with van der Waals surface area (Å²) in [5, 5.41) is 10.6. The molecular weight excluding hydrogens is 1330 g/mol. The molecule has 0 heterocycles. The molecule has 17 nitrogen and oxygen atoms in total. The van der Waals surface area contributed by atoms with Gasteiger partial charge in [-0.1, -0.05) is 256 Å². The average molecular weight is 1470 g/mol. The molecule has 0 aliphatic heterocycles. The summed E-state index contributed by atoms with van der Waals surface area (Å²) in [6, 6.07) is 0. The number of allylic oxidation sites excluding steroid dienone is 26. The maximum Gasteiger partial charge on any atom is 0.472 e. The zero-order valence-corrected chi connectivity index (χ0v) is 65.0. The third-order valence-electron chi connectivity index (χ3n) is 15.5. The standard InChI is InChI=1S/C83H136O17P2/c1-5-9-13-17-21-25-29-33-37-38-42-44-48-52-56-60-64-68-81(86)94-74-79(100-83(88)70-66-62-58-54-50-46-41-36-32-28-24-20-16-12-8-4)76-98-102(91,92)96-72-77(84)71-95-101(89,90)97-75-78(99-82(87)69-65-61-57-53-49-45-40-35-31-27-23-19-15-11-7-3)73-93-80(85)67-63-59-55-51-47-43-39-34-30-26-22-18-14-10-6-2/h9-10,12-14,16,21-28,33-37,39-42,44,52,56,77-79,84H,5-8,11,15,17-20,29-32,38,43,45-51,53-55,57-76H2,1-4H3,(H,89,90)(H,91,92)/b13-9-,14-10-,16-12-,25-21-,26-22-,27-23-,28-24-,37-33-,39-34-,40-35-,41-36-,44-42-,56-52-. The van der Waals surface area contributed by atoms with Crippen molar-refractivity contribution in [2.45, 2.75) is 303 Å². The number of esters is 4. The normalized spacial score (nSPS) is 14.8. The molecule has 0 saturated carbocycles. The van der Waals surface area contributed by atoms with Gasteiger partial charge in [0.05, 0.1) is 26.4 Å². The maximum absolute atomic E-state index is 13.1. The van der Waals surface area contributed by atoms with Crippen LogP contribution in [-0.2, 0) is 65.4 Å². The fourth-order valence-electron chi connectivity index (χ4n) is 9.67. The van der Waals surface area contributed by atoms with E-state index in [0.29, 0.717) is 32.1 Å². The third-order valence-corrected chi connectivity index (χ3v) is 17.4. The Bertz CT molecular complexity index is 2550. The van der Waals surface area contributed by atoms with Crippen molar-refractivity contribution < 1.29 is 80.2 Å². The highest BCUT2D eigenvalue weighted by atomic mass is 31.2. The van der Waals surface area contributed by atoms with E-state index in [0.717, 1.165) is 180 Å². The second kappa shape index (κ2) is 74.0. The Balaban J connectivity index is 5.46. The van der Waals surface area contributed by atoms with Crippen molar-refractivity contribution in [3.63, 3.8) is 0 Å². The smallest absolute Gasteiger partial charge is 0.462 e. The highest BCUT2D eigenvalue weighted by Gasteiger charge is 2.30. The summed E-state index contributed by atoms with van der Waals surface area (Å²) in [7, 11) is -9.99. The lowest BCUT2D eigenvalue weighted by Crippen LogP contribution is -2.30. The van der Waals surface area contributed by atoms with E-state index in [1.165, 1.54) is 19.3 Å². The second-order valence-electron chi connectivity index (χ2n) is 25.1. The fourth-order valence-corrected chi connectivity index (χ4v) is 11.2. The van der Waals surface area contributed by atoms with Gasteiger partial charge in [0, 0.05) is 25.7 Å². The number of rotatable bonds is 71. The van der Waals surface area contributed by atoms with Crippen LogP contribution in [0, 0.1) is 0 Å². The first-order chi connectivity index (χ1) is 49.7. The van der Waals surface area contributed by atoms with Gasteiger partial charge in [-0.2, -0.15) is 0 Å². The Labute approximate surface area is 617 Å². The molecule has 580 valence electrons. The highest BCUT2D eigenvalue weighted by Crippen LogP contribution is 2.45. The summed E-state index contributed by atoms with van der Waals surface area (Å²) in [6.45, 7) is 4.37. The molecule has 0 aromatic heterocycles. The van der Waals surface area contributed by atoms with Gasteiger partial charge >= 0.3 is 39.5 Å². The first-order valence-corrected chi connectivity index (χ1v) is 41.7. The fraction of sp³-hybridized carbons (Fsp3) is 0.639. The van der Waals surface area contributed by atoms with E-state index in [4.69, 9.17) is 37.0 Å². The van der Waals surface area contributed by atoms with Gasteiger partial charge in [-0.05, 0) is 161 Å². The number of carbonyl (C=O) groups is 4. The molecular formula is C83H136O17P2. The van der Waals surface area contributed by atoms with Crippen LogP contribution in [0.25, 0.3) is 0 Å². The molecule has 5 unspecified atom stereocenters. The van der Waals surface area contributed by atoms with Gasteiger partial charge in [0.1, 0.15) is 19.3 Å². The predicted octanol–water partition coefficient (Wildman–Crippen LogP) is 22.4. The summed E-state index contributed by atoms with van der Waals surface area (Å²) in [5.41, 5.74) is 0. The van der Waals surface area contributed by atoms with Gasteiger partial charge in [0.15, 0.2) is 12.2 Å². The number of aliphatic hydroxyl groups excluding tert-OH is 1. The topological polar surface area (TPSA) is 237 Å². The predicted molar refractivity (Wildman–Crippen MR) is 417 cm³/mol. The molecule has 0 fully saturated rings. The summed E-state index contributed by atoms with van der Waals surface area (Å²) < 4.78 is 68.5. The molecule has 3 N–H and O–H groups in total. The quantitative estimate of drug-likeness (QED) is 0.0169. The molecule has 0 bridgehead atoms. The Morgan fingerprint density at radius 3 is 0.824 bits per heavy atom. The Hall–Kier alpha value is -5.32. The van der Waals surface area contributed by atoms with Crippen molar-refractivity contribution in [3.05, 3.63) is 158 Å². The van der Waals surface area contributed by atoms with Gasteiger partial charge in [0.25, 0.3) is 0 Å². The van der Waals surface area contributed by atoms with E-state index < -0.39 is 97.5 Å². The number of hydrogen-bond donors (Lipinski definition) is 3. The van der Waals surface area contributed by atoms with Crippen LogP contribution in [0.4, 0.5) is 0 Å². The average Bonchev–Trinajstić information content (AvgIpc) is 0.923. The number of aliphatic hydroxyl groups is 1. The molecule has 0 aromatic rings. The number of hydrogen-bond acceptors (Lipinski definition) is 15. The van der Waals surface area contributed by atoms with Gasteiger partial charge < -0.3 is 33.8 Å². The molecule has 0 aliphatic rings. The second-order valence-corrected chi connectivity index (χ2v) is 28.1. The lowest BCUT2D eigenvalue weighted by Gasteiger charge is -2.21. The number of phosphoric ester groups is 2. The molecule has 0 spiro atoms. The van der Waals surface area contributed by atoms with E-state index in [1.54, 1.807) is 0 Å². The summed E-state index contributed by atoms with van der Waals surface area (Å²) in [5.74, 6) is -2.31. The minimum absolute atomic E-state index is 0.0574. The number of carbonyl (C=O) groups excluding carboxylic acids is 4. The minimum atomic E-state index is -5.00. The molecule has 0 amide bonds. The van der Waals surface area contributed by atoms with Crippen molar-refractivity contribution in [1.29, 1.82) is 0 Å². The van der Waals surface area contributed by atoms with Gasteiger partial charge in [-0.25, -0.2) is 9.13 Å². The maximum atomic E-state index is 13.1. The van der Waals surface area contributed by atoms with Crippen LogP contribution in [0.2, 0.25) is 0 Å². The monoisotopic (exact) mass is 1470 g/mol. The van der Waals surface area contributed by atoms with Crippen LogP contribution < -0.4 is 0 Å². The molecule has 19 heteroatoms. The highest BCUT2D eigenvalue weighted by molar-refractivity contribution is 7.47. The van der Waals surface area contributed by atoms with Crippen LogP contribution in [0.1, 0.15) is 285 Å². The van der Waals surface area contributed by atoms with E-state index >= 15 is 0 Å². The van der Waals surface area contributed by atoms with Crippen molar-refractivity contribution in [2.75, 3.05) is 39.6 Å². The molecule has 0 rings (SSSR count). The molecule has 102 heavy (non-hydrogen) atoms. The minimum Gasteiger partial charge on any atom is -0.462 e. The molecule has 0 aromatic carbocycles. The third kappa shape index (κ3) is 73.0.